The van der Waals surface area contributed by atoms with Gasteiger partial charge in [-0.1, -0.05) is 397 Å². The van der Waals surface area contributed by atoms with E-state index in [1.54, 1.807) is 0 Å². The van der Waals surface area contributed by atoms with Gasteiger partial charge in [-0.15, -0.1) is 0 Å². The largest absolute Gasteiger partial charge is 0.465 e. The van der Waals surface area contributed by atoms with Crippen molar-refractivity contribution in [2.75, 3.05) is 72.3 Å². The summed E-state index contributed by atoms with van der Waals surface area (Å²) in [7, 11) is 0. The van der Waals surface area contributed by atoms with E-state index >= 15 is 0 Å². The average Bonchev–Trinajstić information content (AvgIpc) is 0.671. The van der Waals surface area contributed by atoms with Crippen molar-refractivity contribution in [3.05, 3.63) is 0 Å². The van der Waals surface area contributed by atoms with Crippen molar-refractivity contribution in [3.63, 3.8) is 0 Å². The molecule has 8 unspecified atom stereocenters. The zero-order chi connectivity index (χ0) is 85.6. The van der Waals surface area contributed by atoms with Crippen LogP contribution in [0.3, 0.4) is 0 Å². The summed E-state index contributed by atoms with van der Waals surface area (Å²) in [5, 5.41) is 11.1. The van der Waals surface area contributed by atoms with Gasteiger partial charge in [-0.05, 0) is 199 Å². The van der Waals surface area contributed by atoms with Crippen LogP contribution in [0.5, 0.6) is 0 Å². The monoisotopic (exact) mass is 1660 g/mol. The number of hydrogen-bond acceptors (Lipinski definition) is 11. The molecule has 117 heavy (non-hydrogen) atoms. The molecular formula is C106H210N2O9. The molecule has 0 aliphatic heterocycles. The molecule has 0 aromatic carbocycles. The molecule has 0 aliphatic carbocycles. The molecule has 0 heterocycles. The Bertz CT molecular complexity index is 1960. The third-order valence-electron chi connectivity index (χ3n) is 26.5. The third-order valence-corrected chi connectivity index (χ3v) is 26.5. The molecular weight excluding hydrogens is 1450 g/mol. The predicted molar refractivity (Wildman–Crippen MR) is 508 cm³/mol. The molecule has 0 bridgehead atoms. The highest BCUT2D eigenvalue weighted by Gasteiger charge is 2.25. The number of ether oxygens (including phenoxy) is 5. The van der Waals surface area contributed by atoms with Gasteiger partial charge in [0.15, 0.2) is 6.29 Å². The lowest BCUT2D eigenvalue weighted by Gasteiger charge is -2.27. The molecule has 0 saturated heterocycles. The topological polar surface area (TPSA) is 124 Å². The van der Waals surface area contributed by atoms with Crippen molar-refractivity contribution in [1.82, 2.24) is 9.80 Å². The molecule has 698 valence electrons. The fourth-order valence-corrected chi connectivity index (χ4v) is 18.2. The maximum atomic E-state index is 13.3. The summed E-state index contributed by atoms with van der Waals surface area (Å²) >= 11 is 0. The number of aliphatic hydroxyl groups is 1. The van der Waals surface area contributed by atoms with Crippen LogP contribution in [-0.2, 0) is 38.1 Å². The van der Waals surface area contributed by atoms with Gasteiger partial charge in [0.1, 0.15) is 0 Å². The second-order valence-electron chi connectivity index (χ2n) is 37.5. The lowest BCUT2D eigenvalue weighted by Crippen LogP contribution is -2.30. The number of carbonyl (C=O) groups is 3. The van der Waals surface area contributed by atoms with Crippen molar-refractivity contribution < 1.29 is 43.2 Å². The van der Waals surface area contributed by atoms with Crippen LogP contribution in [0.15, 0.2) is 0 Å². The van der Waals surface area contributed by atoms with Crippen molar-refractivity contribution >= 4 is 17.9 Å². The minimum atomic E-state index is -0.617. The molecule has 0 rings (SSSR count). The second-order valence-corrected chi connectivity index (χ2v) is 37.5. The van der Waals surface area contributed by atoms with E-state index in [9.17, 15) is 19.5 Å². The van der Waals surface area contributed by atoms with Crippen LogP contribution in [0.4, 0.5) is 0 Å². The first-order valence-corrected chi connectivity index (χ1v) is 53.2. The standard InChI is InChI=1S/C106H210N2O9/c1-13-24-34-55-77-98(72-29-18-6)95(12)113-90-63-49-44-60-86-108(89-83-97(70-53-42-47-66-93-116-105(111)101(75-32-21-9)80-58-37-27-16-4)71-54-43-48-67-94-117-106(112)102(76-33-22-10)81-59-38-28-17-5)87-62-50-61-85-107(84-23-11)88-82-96(69-52-41-46-65-92-115-104(110)100(74-31-20-8)79-57-36-26-15-3)68-51-40-39-45-64-91-114-103(109)99(73-30-19-7)78-56-35-25-14-2/h95-103,109H,13-94H2,1-12H3. The van der Waals surface area contributed by atoms with Gasteiger partial charge in [0.05, 0.1) is 43.7 Å². The maximum absolute atomic E-state index is 13.3. The Morgan fingerprint density at radius 2 is 0.462 bits per heavy atom. The number of hydrogen-bond donors (Lipinski definition) is 1. The summed E-state index contributed by atoms with van der Waals surface area (Å²) in [6, 6.07) is 0. The van der Waals surface area contributed by atoms with E-state index < -0.39 is 6.29 Å². The Labute approximate surface area is 731 Å². The highest BCUT2D eigenvalue weighted by molar-refractivity contribution is 5.73. The van der Waals surface area contributed by atoms with Gasteiger partial charge in [-0.25, -0.2) is 0 Å². The van der Waals surface area contributed by atoms with E-state index in [1.165, 1.54) is 341 Å². The Balaban J connectivity index is 6.35. The number of rotatable bonds is 97. The molecule has 8 atom stereocenters. The molecule has 0 radical (unpaired) electrons. The molecule has 0 aliphatic rings. The summed E-state index contributed by atoms with van der Waals surface area (Å²) in [4.78, 5) is 45.7. The lowest BCUT2D eigenvalue weighted by atomic mass is 9.91. The zero-order valence-electron chi connectivity index (χ0n) is 81.3. The van der Waals surface area contributed by atoms with Crippen molar-refractivity contribution in [3.8, 4) is 0 Å². The fourth-order valence-electron chi connectivity index (χ4n) is 18.2. The van der Waals surface area contributed by atoms with Crippen LogP contribution < -0.4 is 0 Å². The summed E-state index contributed by atoms with van der Waals surface area (Å²) in [6.45, 7) is 37.8. The molecule has 11 heteroatoms. The van der Waals surface area contributed by atoms with Crippen LogP contribution in [0.25, 0.3) is 0 Å². The Morgan fingerprint density at radius 1 is 0.222 bits per heavy atom. The number of aliphatic hydroxyl groups excluding tert-OH is 1. The summed E-state index contributed by atoms with van der Waals surface area (Å²) < 4.78 is 30.8. The van der Waals surface area contributed by atoms with E-state index in [4.69, 9.17) is 23.7 Å². The quantitative estimate of drug-likeness (QED) is 0.0271. The zero-order valence-corrected chi connectivity index (χ0v) is 81.3. The number of unbranched alkanes of at least 4 members (excludes halogenated alkanes) is 38. The molecule has 1 N–H and O–H groups in total. The number of nitrogens with zero attached hydrogens (tertiary/aromatic N) is 2. The van der Waals surface area contributed by atoms with Crippen LogP contribution >= 0.6 is 0 Å². The molecule has 0 spiro atoms. The van der Waals surface area contributed by atoms with Crippen LogP contribution in [0.1, 0.15) is 539 Å². The van der Waals surface area contributed by atoms with Gasteiger partial charge < -0.3 is 38.6 Å². The number of esters is 3. The Morgan fingerprint density at radius 3 is 0.812 bits per heavy atom. The van der Waals surface area contributed by atoms with Gasteiger partial charge in [-0.3, -0.25) is 14.4 Å². The minimum Gasteiger partial charge on any atom is -0.465 e. The second kappa shape index (κ2) is 90.5. The first-order valence-electron chi connectivity index (χ1n) is 53.2. The fraction of sp³-hybridized carbons (Fsp3) is 0.972. The first kappa shape index (κ1) is 115. The minimum absolute atomic E-state index is 0.0574. The summed E-state index contributed by atoms with van der Waals surface area (Å²) in [5.74, 6) is 2.81. The van der Waals surface area contributed by atoms with E-state index in [2.05, 4.69) is 92.9 Å². The Kier molecular flexibility index (Phi) is 89.1. The van der Waals surface area contributed by atoms with Crippen LogP contribution in [0.2, 0.25) is 0 Å². The number of carbonyl (C=O) groups excluding carboxylic acids is 3. The van der Waals surface area contributed by atoms with E-state index in [0.29, 0.717) is 44.4 Å². The SMILES string of the molecule is CCCCCCC(CCCC)C(=O)OCCCCCCC(CCCCCCCOC(O)C(CCCC)CCCCCC)CCN(CCC)CCCCCN(CCCCCCOC(C)C(CCCC)CCCCCC)CCC(CCCCCCOC(=O)C(CCCC)CCCCCC)CCCCCCOC(=O)C(CCCC)CCCCCC. The van der Waals surface area contributed by atoms with E-state index in [0.717, 1.165) is 167 Å². The van der Waals surface area contributed by atoms with E-state index in [1.807, 2.05) is 0 Å². The lowest BCUT2D eigenvalue weighted by molar-refractivity contribution is -0.150. The highest BCUT2D eigenvalue weighted by Crippen LogP contribution is 2.30. The van der Waals surface area contributed by atoms with Gasteiger partial charge in [0.25, 0.3) is 0 Å². The van der Waals surface area contributed by atoms with Crippen LogP contribution in [-0.4, -0.2) is 118 Å². The van der Waals surface area contributed by atoms with Crippen molar-refractivity contribution in [2.24, 2.45) is 41.4 Å². The van der Waals surface area contributed by atoms with Crippen molar-refractivity contribution in [1.29, 1.82) is 0 Å². The van der Waals surface area contributed by atoms with Gasteiger partial charge >= 0.3 is 17.9 Å². The van der Waals surface area contributed by atoms with Gasteiger partial charge in [-0.2, -0.15) is 0 Å². The normalized spacial score (nSPS) is 14.3. The molecule has 0 saturated carbocycles. The molecule has 0 aromatic heterocycles. The van der Waals surface area contributed by atoms with Crippen molar-refractivity contribution in [2.45, 2.75) is 551 Å². The summed E-state index contributed by atoms with van der Waals surface area (Å²) in [5.41, 5.74) is 0. The van der Waals surface area contributed by atoms with Gasteiger partial charge in [0, 0.05) is 19.1 Å². The molecule has 0 aromatic rings. The first-order chi connectivity index (χ1) is 57.4. The molecule has 0 fully saturated rings. The molecule has 0 amide bonds. The third kappa shape index (κ3) is 73.1. The predicted octanol–water partition coefficient (Wildman–Crippen LogP) is 32.2. The maximum Gasteiger partial charge on any atom is 0.308 e. The summed E-state index contributed by atoms with van der Waals surface area (Å²) in [6.07, 6.45) is 84.3. The highest BCUT2D eigenvalue weighted by atomic mass is 16.6. The Hall–Kier alpha value is -1.79. The average molecular weight is 1660 g/mol. The van der Waals surface area contributed by atoms with Gasteiger partial charge in [0.2, 0.25) is 0 Å². The van der Waals surface area contributed by atoms with Crippen LogP contribution in [0, 0.1) is 41.4 Å². The smallest absolute Gasteiger partial charge is 0.308 e. The molecule has 11 nitrogen and oxygen atoms in total. The van der Waals surface area contributed by atoms with E-state index in [-0.39, 0.29) is 41.6 Å².